The summed E-state index contributed by atoms with van der Waals surface area (Å²) in [5, 5.41) is 4.33. The van der Waals surface area contributed by atoms with E-state index in [1.807, 2.05) is 67.7 Å². The summed E-state index contributed by atoms with van der Waals surface area (Å²) in [6, 6.07) is 17.7. The van der Waals surface area contributed by atoms with E-state index in [-0.39, 0.29) is 5.91 Å². The number of para-hydroxylation sites is 1. The Morgan fingerprint density at radius 3 is 2.58 bits per heavy atom. The minimum Gasteiger partial charge on any atom is -0.492 e. The van der Waals surface area contributed by atoms with Gasteiger partial charge < -0.3 is 9.64 Å². The Labute approximate surface area is 153 Å². The van der Waals surface area contributed by atoms with Crippen molar-refractivity contribution < 1.29 is 9.53 Å². The molecule has 1 heterocycles. The van der Waals surface area contributed by atoms with E-state index in [0.717, 1.165) is 17.0 Å². The monoisotopic (exact) mass is 349 g/mol. The molecule has 134 valence electrons. The van der Waals surface area contributed by atoms with Gasteiger partial charge in [0.2, 0.25) is 5.91 Å². The van der Waals surface area contributed by atoms with Crippen LogP contribution in [0.4, 0.5) is 0 Å². The molecular weight excluding hydrogens is 326 g/mol. The van der Waals surface area contributed by atoms with Gasteiger partial charge in [-0.15, -0.1) is 0 Å². The van der Waals surface area contributed by atoms with Crippen LogP contribution < -0.4 is 4.74 Å². The lowest BCUT2D eigenvalue weighted by Gasteiger charge is -2.17. The van der Waals surface area contributed by atoms with Crippen LogP contribution in [0.1, 0.15) is 11.1 Å². The zero-order chi connectivity index (χ0) is 18.4. The first kappa shape index (κ1) is 17.7. The van der Waals surface area contributed by atoms with Gasteiger partial charge in [0.1, 0.15) is 12.4 Å². The molecule has 0 N–H and O–H groups in total. The number of aromatic nitrogens is 2. The van der Waals surface area contributed by atoms with Gasteiger partial charge in [-0.3, -0.25) is 4.79 Å². The standard InChI is InChI=1S/C21H23N3O2/c1-17-8-10-20(11-9-17)26-13-12-23(2)21(25)14-18-15-22-24(16-18)19-6-4-3-5-7-19/h3-11,15-16H,12-14H2,1-2H3. The lowest BCUT2D eigenvalue weighted by Crippen LogP contribution is -2.32. The Hall–Kier alpha value is -3.08. The average molecular weight is 349 g/mol. The second kappa shape index (κ2) is 8.34. The predicted octanol–water partition coefficient (Wildman–Crippen LogP) is 3.26. The van der Waals surface area contributed by atoms with Crippen LogP contribution in [0, 0.1) is 6.92 Å². The normalized spacial score (nSPS) is 10.5. The quantitative estimate of drug-likeness (QED) is 0.658. The summed E-state index contributed by atoms with van der Waals surface area (Å²) in [6.45, 7) is 3.05. The lowest BCUT2D eigenvalue weighted by atomic mass is 10.2. The molecule has 3 aromatic rings. The molecule has 5 nitrogen and oxygen atoms in total. The molecule has 0 saturated carbocycles. The summed E-state index contributed by atoms with van der Waals surface area (Å²) in [5.41, 5.74) is 3.07. The van der Waals surface area contributed by atoms with Crippen molar-refractivity contribution >= 4 is 5.91 Å². The van der Waals surface area contributed by atoms with Crippen LogP contribution in [0.25, 0.3) is 5.69 Å². The van der Waals surface area contributed by atoms with Crippen LogP contribution >= 0.6 is 0 Å². The predicted molar refractivity (Wildman–Crippen MR) is 102 cm³/mol. The van der Waals surface area contributed by atoms with Gasteiger partial charge in [-0.1, -0.05) is 35.9 Å². The Morgan fingerprint density at radius 2 is 1.85 bits per heavy atom. The topological polar surface area (TPSA) is 47.4 Å². The molecular formula is C21H23N3O2. The molecule has 3 rings (SSSR count). The van der Waals surface area contributed by atoms with Crippen molar-refractivity contribution in [3.8, 4) is 11.4 Å². The molecule has 0 spiro atoms. The third-order valence-electron chi connectivity index (χ3n) is 4.15. The summed E-state index contributed by atoms with van der Waals surface area (Å²) in [6.07, 6.45) is 3.96. The van der Waals surface area contributed by atoms with Crippen molar-refractivity contribution in [3.05, 3.63) is 78.1 Å². The first-order valence-electron chi connectivity index (χ1n) is 8.64. The van der Waals surface area contributed by atoms with E-state index in [4.69, 9.17) is 4.74 Å². The molecule has 1 amide bonds. The highest BCUT2D eigenvalue weighted by molar-refractivity contribution is 5.78. The summed E-state index contributed by atoms with van der Waals surface area (Å²) in [7, 11) is 1.79. The van der Waals surface area contributed by atoms with Crippen LogP contribution in [0.5, 0.6) is 5.75 Å². The summed E-state index contributed by atoms with van der Waals surface area (Å²) in [5.74, 6) is 0.866. The van der Waals surface area contributed by atoms with Gasteiger partial charge in [-0.25, -0.2) is 4.68 Å². The van der Waals surface area contributed by atoms with Gasteiger partial charge in [0.05, 0.1) is 24.8 Å². The first-order chi connectivity index (χ1) is 12.6. The number of nitrogens with zero attached hydrogens (tertiary/aromatic N) is 3. The Kier molecular flexibility index (Phi) is 5.69. The molecule has 0 aliphatic heterocycles. The fourth-order valence-corrected chi connectivity index (χ4v) is 2.54. The number of likely N-dealkylation sites (N-methyl/N-ethyl adjacent to an activating group) is 1. The summed E-state index contributed by atoms with van der Waals surface area (Å²) in [4.78, 5) is 14.1. The molecule has 0 atom stereocenters. The number of amides is 1. The first-order valence-corrected chi connectivity index (χ1v) is 8.64. The zero-order valence-electron chi connectivity index (χ0n) is 15.1. The number of rotatable bonds is 7. The molecule has 0 saturated heterocycles. The zero-order valence-corrected chi connectivity index (χ0v) is 15.1. The van der Waals surface area contributed by atoms with E-state index in [9.17, 15) is 4.79 Å². The maximum atomic E-state index is 12.4. The van der Waals surface area contributed by atoms with Crippen LogP contribution in [0.2, 0.25) is 0 Å². The Bertz CT molecular complexity index is 841. The number of carbonyl (C=O) groups is 1. The van der Waals surface area contributed by atoms with E-state index in [0.29, 0.717) is 19.6 Å². The van der Waals surface area contributed by atoms with E-state index in [1.54, 1.807) is 22.8 Å². The molecule has 0 radical (unpaired) electrons. The third-order valence-corrected chi connectivity index (χ3v) is 4.15. The molecule has 0 fully saturated rings. The van der Waals surface area contributed by atoms with Crippen LogP contribution in [0.15, 0.2) is 67.0 Å². The fourth-order valence-electron chi connectivity index (χ4n) is 2.54. The van der Waals surface area contributed by atoms with Gasteiger partial charge in [-0.05, 0) is 36.8 Å². The highest BCUT2D eigenvalue weighted by atomic mass is 16.5. The van der Waals surface area contributed by atoms with Crippen LogP contribution in [0.3, 0.4) is 0 Å². The Balaban J connectivity index is 1.48. The molecule has 5 heteroatoms. The lowest BCUT2D eigenvalue weighted by molar-refractivity contribution is -0.129. The van der Waals surface area contributed by atoms with Crippen LogP contribution in [-0.4, -0.2) is 40.8 Å². The smallest absolute Gasteiger partial charge is 0.226 e. The van der Waals surface area contributed by atoms with E-state index < -0.39 is 0 Å². The number of hydrogen-bond donors (Lipinski definition) is 0. The molecule has 0 unspecified atom stereocenters. The van der Waals surface area contributed by atoms with Crippen molar-refractivity contribution in [2.45, 2.75) is 13.3 Å². The number of carbonyl (C=O) groups excluding carboxylic acids is 1. The number of benzene rings is 2. The van der Waals surface area contributed by atoms with E-state index in [2.05, 4.69) is 5.10 Å². The van der Waals surface area contributed by atoms with Gasteiger partial charge >= 0.3 is 0 Å². The molecule has 1 aromatic heterocycles. The number of hydrogen-bond acceptors (Lipinski definition) is 3. The highest BCUT2D eigenvalue weighted by Gasteiger charge is 2.11. The fraction of sp³-hybridized carbons (Fsp3) is 0.238. The van der Waals surface area contributed by atoms with Crippen molar-refractivity contribution in [2.24, 2.45) is 0 Å². The summed E-state index contributed by atoms with van der Waals surface area (Å²) < 4.78 is 7.46. The SMILES string of the molecule is Cc1ccc(OCCN(C)C(=O)Cc2cnn(-c3ccccc3)c2)cc1. The maximum Gasteiger partial charge on any atom is 0.226 e. The molecule has 0 bridgehead atoms. The van der Waals surface area contributed by atoms with E-state index in [1.165, 1.54) is 5.56 Å². The molecule has 26 heavy (non-hydrogen) atoms. The van der Waals surface area contributed by atoms with Gasteiger partial charge in [0.25, 0.3) is 0 Å². The van der Waals surface area contributed by atoms with E-state index >= 15 is 0 Å². The van der Waals surface area contributed by atoms with Gasteiger partial charge in [-0.2, -0.15) is 5.10 Å². The highest BCUT2D eigenvalue weighted by Crippen LogP contribution is 2.12. The maximum absolute atomic E-state index is 12.4. The second-order valence-electron chi connectivity index (χ2n) is 6.28. The van der Waals surface area contributed by atoms with Crippen molar-refractivity contribution in [3.63, 3.8) is 0 Å². The third kappa shape index (κ3) is 4.72. The van der Waals surface area contributed by atoms with Gasteiger partial charge in [0.15, 0.2) is 0 Å². The van der Waals surface area contributed by atoms with Crippen molar-refractivity contribution in [2.75, 3.05) is 20.2 Å². The minimum atomic E-state index is 0.0464. The second-order valence-corrected chi connectivity index (χ2v) is 6.28. The van der Waals surface area contributed by atoms with Gasteiger partial charge in [0, 0.05) is 13.2 Å². The number of aryl methyl sites for hydroxylation is 1. The minimum absolute atomic E-state index is 0.0464. The molecule has 0 aliphatic rings. The number of ether oxygens (including phenoxy) is 1. The van der Waals surface area contributed by atoms with Crippen molar-refractivity contribution in [1.82, 2.24) is 14.7 Å². The average Bonchev–Trinajstić information content (AvgIpc) is 3.12. The largest absolute Gasteiger partial charge is 0.492 e. The molecule has 0 aliphatic carbocycles. The summed E-state index contributed by atoms with van der Waals surface area (Å²) >= 11 is 0. The van der Waals surface area contributed by atoms with Crippen molar-refractivity contribution in [1.29, 1.82) is 0 Å². The Morgan fingerprint density at radius 1 is 1.12 bits per heavy atom. The molecule has 2 aromatic carbocycles. The van der Waals surface area contributed by atoms with Crippen LogP contribution in [-0.2, 0) is 11.2 Å².